The minimum absolute atomic E-state index is 0.157. The number of hydrogen-bond acceptors (Lipinski definition) is 5. The highest BCUT2D eigenvalue weighted by molar-refractivity contribution is 7.48. The van der Waals surface area contributed by atoms with Crippen LogP contribution in [-0.2, 0) is 18.1 Å². The fraction of sp³-hybridized carbons (Fsp3) is 0.700. The molecule has 0 radical (unpaired) electrons. The molecule has 5 nitrogen and oxygen atoms in total. The number of rotatable bonds is 15. The van der Waals surface area contributed by atoms with Crippen molar-refractivity contribution in [2.24, 2.45) is 0 Å². The van der Waals surface area contributed by atoms with Crippen LogP contribution in [0.25, 0.3) is 0 Å². The molecule has 26 heavy (non-hydrogen) atoms. The van der Waals surface area contributed by atoms with Crippen molar-refractivity contribution in [2.45, 2.75) is 65.7 Å². The van der Waals surface area contributed by atoms with E-state index in [1.807, 2.05) is 18.2 Å². The van der Waals surface area contributed by atoms with Gasteiger partial charge in [-0.1, -0.05) is 58.7 Å². The van der Waals surface area contributed by atoms with E-state index in [9.17, 15) is 4.57 Å². The Morgan fingerprint density at radius 2 is 1.46 bits per heavy atom. The van der Waals surface area contributed by atoms with Crippen molar-refractivity contribution in [3.05, 3.63) is 29.8 Å². The molecule has 150 valence electrons. The lowest BCUT2D eigenvalue weighted by atomic mass is 9.98. The lowest BCUT2D eigenvalue weighted by Crippen LogP contribution is -2.10. The molecule has 0 aliphatic carbocycles. The highest BCUT2D eigenvalue weighted by Gasteiger charge is 2.26. The maximum Gasteiger partial charge on any atom is 0.474 e. The number of unbranched alkanes of at least 4 members (excludes halogenated alkanes) is 2. The van der Waals surface area contributed by atoms with E-state index in [1.165, 1.54) is 5.56 Å². The summed E-state index contributed by atoms with van der Waals surface area (Å²) in [5.41, 5.74) is 1.18. The predicted octanol–water partition coefficient (Wildman–Crippen LogP) is 6.34. The summed E-state index contributed by atoms with van der Waals surface area (Å²) in [6.45, 7) is 9.63. The molecule has 0 saturated heterocycles. The molecular weight excluding hydrogens is 351 g/mol. The second kappa shape index (κ2) is 13.3. The number of ether oxygens (including phenoxy) is 1. The van der Waals surface area contributed by atoms with Gasteiger partial charge in [-0.05, 0) is 36.8 Å². The zero-order valence-electron chi connectivity index (χ0n) is 16.7. The molecule has 1 aromatic rings. The standard InChI is InChI=1S/C20H35O5P/c1-5-8-14-23-26(21,24-15-9-6-2)25-17-16-22-20-13-11-10-12-19(20)18(4)7-3/h10-13,18H,5-9,14-17H2,1-4H3. The number of hydrogen-bond donors (Lipinski definition) is 0. The SMILES string of the molecule is CCCCOP(=O)(OCCCC)OCCOc1ccccc1C(C)CC. The van der Waals surface area contributed by atoms with Gasteiger partial charge in [-0.2, -0.15) is 0 Å². The Kier molecular flexibility index (Phi) is 11.9. The second-order valence-corrected chi connectivity index (χ2v) is 8.02. The minimum atomic E-state index is -3.52. The van der Waals surface area contributed by atoms with E-state index in [0.717, 1.165) is 37.9 Å². The van der Waals surface area contributed by atoms with Crippen molar-refractivity contribution in [3.63, 3.8) is 0 Å². The molecule has 1 rings (SSSR count). The summed E-state index contributed by atoms with van der Waals surface area (Å²) in [7, 11) is -3.52. The quantitative estimate of drug-likeness (QED) is 0.260. The molecule has 0 amide bonds. The molecule has 0 N–H and O–H groups in total. The van der Waals surface area contributed by atoms with Gasteiger partial charge >= 0.3 is 7.82 Å². The maximum absolute atomic E-state index is 12.7. The molecule has 0 spiro atoms. The number of para-hydroxylation sites is 1. The summed E-state index contributed by atoms with van der Waals surface area (Å²) in [5, 5.41) is 0. The zero-order chi connectivity index (χ0) is 19.3. The summed E-state index contributed by atoms with van der Waals surface area (Å²) < 4.78 is 34.8. The first-order valence-electron chi connectivity index (χ1n) is 9.81. The van der Waals surface area contributed by atoms with Gasteiger partial charge in [0.1, 0.15) is 12.4 Å². The smallest absolute Gasteiger partial charge is 0.474 e. The first-order valence-corrected chi connectivity index (χ1v) is 11.3. The van der Waals surface area contributed by atoms with Crippen LogP contribution in [0, 0.1) is 0 Å². The number of phosphoric acid groups is 1. The Bertz CT molecular complexity index is 521. The summed E-state index contributed by atoms with van der Waals surface area (Å²) >= 11 is 0. The summed E-state index contributed by atoms with van der Waals surface area (Å²) in [4.78, 5) is 0. The highest BCUT2D eigenvalue weighted by Crippen LogP contribution is 2.49. The van der Waals surface area contributed by atoms with Crippen LogP contribution >= 0.6 is 7.82 Å². The third-order valence-corrected chi connectivity index (χ3v) is 5.64. The van der Waals surface area contributed by atoms with E-state index < -0.39 is 7.82 Å². The molecule has 1 aromatic carbocycles. The van der Waals surface area contributed by atoms with Gasteiger partial charge in [0, 0.05) is 0 Å². The Balaban J connectivity index is 2.52. The van der Waals surface area contributed by atoms with Crippen LogP contribution in [0.5, 0.6) is 5.75 Å². The van der Waals surface area contributed by atoms with Crippen molar-refractivity contribution in [1.82, 2.24) is 0 Å². The van der Waals surface area contributed by atoms with E-state index in [0.29, 0.717) is 25.7 Å². The molecule has 0 heterocycles. The van der Waals surface area contributed by atoms with Crippen molar-refractivity contribution < 1.29 is 22.9 Å². The lowest BCUT2D eigenvalue weighted by molar-refractivity contribution is 0.0978. The molecule has 1 unspecified atom stereocenters. The van der Waals surface area contributed by atoms with Crippen LogP contribution in [-0.4, -0.2) is 26.4 Å². The van der Waals surface area contributed by atoms with Crippen LogP contribution in [0.3, 0.4) is 0 Å². The predicted molar refractivity (Wildman–Crippen MR) is 106 cm³/mol. The monoisotopic (exact) mass is 386 g/mol. The molecule has 6 heteroatoms. The maximum atomic E-state index is 12.7. The molecule has 1 atom stereocenters. The topological polar surface area (TPSA) is 54.0 Å². The van der Waals surface area contributed by atoms with Crippen LogP contribution in [0.2, 0.25) is 0 Å². The van der Waals surface area contributed by atoms with E-state index in [4.69, 9.17) is 18.3 Å². The third-order valence-electron chi connectivity index (χ3n) is 4.15. The normalized spacial score (nSPS) is 12.9. The van der Waals surface area contributed by atoms with Gasteiger partial charge in [0.15, 0.2) is 0 Å². The Morgan fingerprint density at radius 3 is 2.04 bits per heavy atom. The van der Waals surface area contributed by atoms with Crippen molar-refractivity contribution in [1.29, 1.82) is 0 Å². The van der Waals surface area contributed by atoms with E-state index in [1.54, 1.807) is 0 Å². The average Bonchev–Trinajstić information content (AvgIpc) is 2.65. The van der Waals surface area contributed by atoms with Gasteiger partial charge in [0.05, 0.1) is 19.8 Å². The first kappa shape index (κ1) is 23.2. The Hall–Kier alpha value is -0.870. The van der Waals surface area contributed by atoms with E-state index >= 15 is 0 Å². The molecule has 0 aliphatic rings. The van der Waals surface area contributed by atoms with Crippen LogP contribution < -0.4 is 4.74 Å². The van der Waals surface area contributed by atoms with E-state index in [2.05, 4.69) is 33.8 Å². The molecular formula is C20H35O5P. The molecule has 0 saturated carbocycles. The van der Waals surface area contributed by atoms with Crippen LogP contribution in [0.1, 0.15) is 71.3 Å². The largest absolute Gasteiger partial charge is 0.491 e. The molecule has 0 fully saturated rings. The van der Waals surface area contributed by atoms with Crippen molar-refractivity contribution in [2.75, 3.05) is 26.4 Å². The fourth-order valence-electron chi connectivity index (χ4n) is 2.29. The van der Waals surface area contributed by atoms with E-state index in [-0.39, 0.29) is 6.61 Å². The number of phosphoric ester groups is 1. The Morgan fingerprint density at radius 1 is 0.885 bits per heavy atom. The zero-order valence-corrected chi connectivity index (χ0v) is 17.6. The first-order chi connectivity index (χ1) is 12.6. The lowest BCUT2D eigenvalue weighted by Gasteiger charge is -2.19. The van der Waals surface area contributed by atoms with Crippen LogP contribution in [0.15, 0.2) is 24.3 Å². The van der Waals surface area contributed by atoms with Gasteiger partial charge in [-0.3, -0.25) is 13.6 Å². The van der Waals surface area contributed by atoms with Crippen molar-refractivity contribution in [3.8, 4) is 5.75 Å². The molecule has 0 aromatic heterocycles. The minimum Gasteiger partial charge on any atom is -0.491 e. The molecule has 0 bridgehead atoms. The third kappa shape index (κ3) is 8.68. The van der Waals surface area contributed by atoms with Gasteiger partial charge in [0.2, 0.25) is 0 Å². The summed E-state index contributed by atoms with van der Waals surface area (Å²) in [6.07, 6.45) is 4.62. The highest BCUT2D eigenvalue weighted by atomic mass is 31.2. The van der Waals surface area contributed by atoms with Gasteiger partial charge in [-0.15, -0.1) is 0 Å². The Labute approximate surface area is 159 Å². The van der Waals surface area contributed by atoms with Gasteiger partial charge in [-0.25, -0.2) is 4.57 Å². The van der Waals surface area contributed by atoms with Crippen molar-refractivity contribution >= 4 is 7.82 Å². The van der Waals surface area contributed by atoms with Gasteiger partial charge in [0.25, 0.3) is 0 Å². The van der Waals surface area contributed by atoms with Gasteiger partial charge < -0.3 is 4.74 Å². The van der Waals surface area contributed by atoms with Crippen LogP contribution in [0.4, 0.5) is 0 Å². The summed E-state index contributed by atoms with van der Waals surface area (Å²) in [5.74, 6) is 1.27. The number of benzene rings is 1. The second-order valence-electron chi connectivity index (χ2n) is 6.35. The fourth-order valence-corrected chi connectivity index (χ4v) is 3.52. The molecule has 0 aliphatic heterocycles. The average molecular weight is 386 g/mol. The summed E-state index contributed by atoms with van der Waals surface area (Å²) in [6, 6.07) is 8.00.